The molecule has 0 radical (unpaired) electrons. The zero-order valence-corrected chi connectivity index (χ0v) is 11.9. The van der Waals surface area contributed by atoms with Gasteiger partial charge in [-0.05, 0) is 31.3 Å². The van der Waals surface area contributed by atoms with Crippen LogP contribution in [0.3, 0.4) is 0 Å². The molecular weight excluding hydrogens is 297 g/mol. The van der Waals surface area contributed by atoms with Crippen molar-refractivity contribution < 1.29 is 17.7 Å². The van der Waals surface area contributed by atoms with Crippen LogP contribution in [0.5, 0.6) is 0 Å². The third kappa shape index (κ3) is 2.71. The lowest BCUT2D eigenvalue weighted by Gasteiger charge is -2.30. The number of rotatable bonds is 3. The molecule has 1 aliphatic heterocycles. The molecule has 22 heavy (non-hydrogen) atoms. The van der Waals surface area contributed by atoms with E-state index >= 15 is 0 Å². The molecule has 8 heteroatoms. The van der Waals surface area contributed by atoms with Gasteiger partial charge in [0.1, 0.15) is 5.82 Å². The zero-order chi connectivity index (χ0) is 15.7. The summed E-state index contributed by atoms with van der Waals surface area (Å²) in [5.74, 6) is -4.61. The Morgan fingerprint density at radius 3 is 2.73 bits per heavy atom. The van der Waals surface area contributed by atoms with Gasteiger partial charge in [-0.3, -0.25) is 4.90 Å². The van der Waals surface area contributed by atoms with E-state index in [0.717, 1.165) is 37.4 Å². The fourth-order valence-corrected chi connectivity index (χ4v) is 2.37. The predicted molar refractivity (Wildman–Crippen MR) is 71.9 cm³/mol. The van der Waals surface area contributed by atoms with Gasteiger partial charge in [-0.15, -0.1) is 0 Å². The minimum atomic E-state index is -3.46. The molecular formula is C14H15F3N4O. The summed E-state index contributed by atoms with van der Waals surface area (Å²) in [7, 11) is 1.87. The molecule has 0 spiro atoms. The third-order valence-electron chi connectivity index (χ3n) is 3.73. The van der Waals surface area contributed by atoms with Crippen molar-refractivity contribution in [2.75, 3.05) is 26.7 Å². The van der Waals surface area contributed by atoms with Crippen LogP contribution >= 0.6 is 0 Å². The van der Waals surface area contributed by atoms with Gasteiger partial charge >= 0.3 is 11.8 Å². The molecule has 3 rings (SSSR count). The predicted octanol–water partition coefficient (Wildman–Crippen LogP) is 1.92. The lowest BCUT2D eigenvalue weighted by molar-refractivity contribution is 0.00756. The van der Waals surface area contributed by atoms with Gasteiger partial charge in [-0.2, -0.15) is 13.8 Å². The molecule has 1 N–H and O–H groups in total. The normalized spacial score (nSPS) is 20.3. The molecule has 1 atom stereocenters. The number of benzene rings is 1. The smallest absolute Gasteiger partial charge is 0.332 e. The molecule has 2 heterocycles. The number of nitrogens with one attached hydrogen (secondary N) is 1. The van der Waals surface area contributed by atoms with Gasteiger partial charge in [-0.25, -0.2) is 4.39 Å². The van der Waals surface area contributed by atoms with Crippen LogP contribution in [0.25, 0.3) is 0 Å². The van der Waals surface area contributed by atoms with E-state index < -0.39 is 17.6 Å². The van der Waals surface area contributed by atoms with E-state index in [-0.39, 0.29) is 17.4 Å². The van der Waals surface area contributed by atoms with Gasteiger partial charge in [0.2, 0.25) is 0 Å². The third-order valence-corrected chi connectivity index (χ3v) is 3.73. The van der Waals surface area contributed by atoms with Crippen molar-refractivity contribution in [3.05, 3.63) is 47.4 Å². The summed E-state index contributed by atoms with van der Waals surface area (Å²) >= 11 is 0. The lowest BCUT2D eigenvalue weighted by atomic mass is 10.1. The van der Waals surface area contributed by atoms with E-state index in [1.54, 1.807) is 0 Å². The summed E-state index contributed by atoms with van der Waals surface area (Å²) in [6.07, 6.45) is 0. The Morgan fingerprint density at radius 2 is 2.05 bits per heavy atom. The highest BCUT2D eigenvalue weighted by molar-refractivity contribution is 5.26. The molecule has 5 nitrogen and oxygen atoms in total. The molecule has 118 valence electrons. The second-order valence-corrected chi connectivity index (χ2v) is 5.24. The largest absolute Gasteiger partial charge is 0.350 e. The van der Waals surface area contributed by atoms with Gasteiger partial charge in [0, 0.05) is 25.2 Å². The molecule has 1 fully saturated rings. The van der Waals surface area contributed by atoms with Crippen LogP contribution in [0.15, 0.2) is 28.8 Å². The standard InChI is InChI=1S/C14H15F3N4O/c1-21-7-6-18-8-11(21)12-19-13(22-20-12)14(16,17)9-2-4-10(15)5-3-9/h2-5,11,18H,6-8H2,1H3. The van der Waals surface area contributed by atoms with Crippen LogP contribution in [-0.2, 0) is 5.92 Å². The Hall–Kier alpha value is -1.93. The van der Waals surface area contributed by atoms with E-state index in [1.807, 2.05) is 11.9 Å². The van der Waals surface area contributed by atoms with Crippen molar-refractivity contribution in [2.45, 2.75) is 12.0 Å². The molecule has 1 unspecified atom stereocenters. The number of aromatic nitrogens is 2. The first-order valence-electron chi connectivity index (χ1n) is 6.87. The second-order valence-electron chi connectivity index (χ2n) is 5.24. The van der Waals surface area contributed by atoms with Crippen LogP contribution in [-0.4, -0.2) is 41.7 Å². The lowest BCUT2D eigenvalue weighted by Crippen LogP contribution is -2.44. The monoisotopic (exact) mass is 312 g/mol. The summed E-state index contributed by atoms with van der Waals surface area (Å²) in [4.78, 5) is 5.83. The zero-order valence-electron chi connectivity index (χ0n) is 11.9. The molecule has 0 bridgehead atoms. The minimum absolute atomic E-state index is 0.213. The highest BCUT2D eigenvalue weighted by Crippen LogP contribution is 2.35. The maximum Gasteiger partial charge on any atom is 0.350 e. The molecule has 1 saturated heterocycles. The average Bonchev–Trinajstić information content (AvgIpc) is 2.98. The minimum Gasteiger partial charge on any atom is -0.332 e. The Kier molecular flexibility index (Phi) is 3.88. The number of likely N-dealkylation sites (N-methyl/N-ethyl adjacent to an activating group) is 1. The van der Waals surface area contributed by atoms with Crippen molar-refractivity contribution in [3.63, 3.8) is 0 Å². The average molecular weight is 312 g/mol. The van der Waals surface area contributed by atoms with Crippen LogP contribution in [0.1, 0.15) is 23.3 Å². The van der Waals surface area contributed by atoms with E-state index in [2.05, 4.69) is 15.5 Å². The van der Waals surface area contributed by atoms with Gasteiger partial charge in [0.15, 0.2) is 5.82 Å². The molecule has 0 amide bonds. The number of hydrogen-bond acceptors (Lipinski definition) is 5. The van der Waals surface area contributed by atoms with Gasteiger partial charge < -0.3 is 9.84 Å². The first kappa shape index (κ1) is 15.0. The molecule has 1 aliphatic rings. The number of halogens is 3. The van der Waals surface area contributed by atoms with Crippen molar-refractivity contribution >= 4 is 0 Å². The fourth-order valence-electron chi connectivity index (χ4n) is 2.37. The topological polar surface area (TPSA) is 54.2 Å². The van der Waals surface area contributed by atoms with Crippen LogP contribution < -0.4 is 5.32 Å². The van der Waals surface area contributed by atoms with Gasteiger partial charge in [0.25, 0.3) is 0 Å². The van der Waals surface area contributed by atoms with Crippen molar-refractivity contribution in [3.8, 4) is 0 Å². The summed E-state index contributed by atoms with van der Waals surface area (Å²) in [5, 5.41) is 6.83. The number of nitrogens with zero attached hydrogens (tertiary/aromatic N) is 3. The van der Waals surface area contributed by atoms with E-state index in [1.165, 1.54) is 0 Å². The Labute approximate surface area is 125 Å². The van der Waals surface area contributed by atoms with Crippen LogP contribution in [0.2, 0.25) is 0 Å². The maximum atomic E-state index is 14.3. The quantitative estimate of drug-likeness (QED) is 0.938. The molecule has 1 aromatic heterocycles. The fraction of sp³-hybridized carbons (Fsp3) is 0.429. The molecule has 1 aromatic carbocycles. The van der Waals surface area contributed by atoms with Crippen LogP contribution in [0.4, 0.5) is 13.2 Å². The summed E-state index contributed by atoms with van der Waals surface area (Å²) in [6.45, 7) is 2.16. The van der Waals surface area contributed by atoms with Crippen molar-refractivity contribution in [1.82, 2.24) is 20.4 Å². The number of piperazine rings is 1. The second kappa shape index (κ2) is 5.69. The van der Waals surface area contributed by atoms with Gasteiger partial charge in [0.05, 0.1) is 6.04 Å². The summed E-state index contributed by atoms with van der Waals surface area (Å²) < 4.78 is 46.3. The Bertz CT molecular complexity index is 644. The molecule has 0 aliphatic carbocycles. The number of alkyl halides is 2. The number of hydrogen-bond donors (Lipinski definition) is 1. The molecule has 0 saturated carbocycles. The first-order chi connectivity index (χ1) is 10.5. The summed E-state index contributed by atoms with van der Waals surface area (Å²) in [5.41, 5.74) is -0.390. The Balaban J connectivity index is 1.87. The van der Waals surface area contributed by atoms with E-state index in [9.17, 15) is 13.2 Å². The van der Waals surface area contributed by atoms with Crippen molar-refractivity contribution in [1.29, 1.82) is 0 Å². The summed E-state index contributed by atoms with van der Waals surface area (Å²) in [6, 6.07) is 3.75. The van der Waals surface area contributed by atoms with E-state index in [0.29, 0.717) is 6.54 Å². The van der Waals surface area contributed by atoms with Crippen molar-refractivity contribution in [2.24, 2.45) is 0 Å². The SMILES string of the molecule is CN1CCNCC1c1noc(C(F)(F)c2ccc(F)cc2)n1. The first-order valence-corrected chi connectivity index (χ1v) is 6.87. The van der Waals surface area contributed by atoms with E-state index in [4.69, 9.17) is 4.52 Å². The highest BCUT2D eigenvalue weighted by atomic mass is 19.3. The highest BCUT2D eigenvalue weighted by Gasteiger charge is 2.41. The Morgan fingerprint density at radius 1 is 1.32 bits per heavy atom. The van der Waals surface area contributed by atoms with Gasteiger partial charge in [-0.1, -0.05) is 5.16 Å². The maximum absolute atomic E-state index is 14.3. The van der Waals surface area contributed by atoms with Crippen LogP contribution in [0, 0.1) is 5.82 Å². The molecule has 2 aromatic rings.